The minimum atomic E-state index is -0.169. The SMILES string of the molecule is CCNC(=O)c1cc(-c2ccccc2)nc2onc(-c3ccccc3)c12. The van der Waals surface area contributed by atoms with Gasteiger partial charge < -0.3 is 9.84 Å². The van der Waals surface area contributed by atoms with Gasteiger partial charge in [0, 0.05) is 17.7 Å². The molecule has 4 aromatic rings. The number of rotatable bonds is 4. The molecule has 128 valence electrons. The van der Waals surface area contributed by atoms with Gasteiger partial charge in [-0.05, 0) is 13.0 Å². The molecular weight excluding hydrogens is 326 g/mol. The first-order valence-corrected chi connectivity index (χ1v) is 8.47. The predicted octanol–water partition coefficient (Wildman–Crippen LogP) is 4.31. The molecule has 4 rings (SSSR count). The average molecular weight is 343 g/mol. The number of carbonyl (C=O) groups is 1. The van der Waals surface area contributed by atoms with Crippen LogP contribution in [0.25, 0.3) is 33.6 Å². The lowest BCUT2D eigenvalue weighted by Gasteiger charge is -2.07. The van der Waals surface area contributed by atoms with E-state index < -0.39 is 0 Å². The molecule has 5 nitrogen and oxygen atoms in total. The first kappa shape index (κ1) is 16.0. The van der Waals surface area contributed by atoms with Crippen LogP contribution in [0.4, 0.5) is 0 Å². The van der Waals surface area contributed by atoms with Crippen molar-refractivity contribution in [2.75, 3.05) is 6.54 Å². The zero-order chi connectivity index (χ0) is 17.9. The quantitative estimate of drug-likeness (QED) is 0.600. The smallest absolute Gasteiger partial charge is 0.259 e. The summed E-state index contributed by atoms with van der Waals surface area (Å²) in [5.41, 5.74) is 3.95. The number of amides is 1. The van der Waals surface area contributed by atoms with Gasteiger partial charge in [-0.2, -0.15) is 0 Å². The first-order valence-electron chi connectivity index (χ1n) is 8.47. The van der Waals surface area contributed by atoms with E-state index in [1.807, 2.05) is 67.6 Å². The van der Waals surface area contributed by atoms with Gasteiger partial charge in [-0.1, -0.05) is 65.8 Å². The van der Waals surface area contributed by atoms with Crippen molar-refractivity contribution >= 4 is 17.0 Å². The maximum absolute atomic E-state index is 12.7. The Kier molecular flexibility index (Phi) is 4.19. The number of aromatic nitrogens is 2. The van der Waals surface area contributed by atoms with Crippen LogP contribution in [0.2, 0.25) is 0 Å². The number of pyridine rings is 1. The van der Waals surface area contributed by atoms with Crippen LogP contribution < -0.4 is 5.32 Å². The third kappa shape index (κ3) is 2.84. The number of carbonyl (C=O) groups excluding carboxylic acids is 1. The highest BCUT2D eigenvalue weighted by Crippen LogP contribution is 2.32. The second-order valence-electron chi connectivity index (χ2n) is 5.86. The summed E-state index contributed by atoms with van der Waals surface area (Å²) in [6.07, 6.45) is 0. The summed E-state index contributed by atoms with van der Waals surface area (Å²) < 4.78 is 5.49. The zero-order valence-corrected chi connectivity index (χ0v) is 14.3. The molecular formula is C21H17N3O2. The van der Waals surface area contributed by atoms with Gasteiger partial charge in [0.15, 0.2) is 0 Å². The van der Waals surface area contributed by atoms with Gasteiger partial charge in [0.25, 0.3) is 11.6 Å². The Hall–Kier alpha value is -3.47. The van der Waals surface area contributed by atoms with Gasteiger partial charge in [-0.15, -0.1) is 0 Å². The van der Waals surface area contributed by atoms with E-state index >= 15 is 0 Å². The third-order valence-corrected chi connectivity index (χ3v) is 4.15. The lowest BCUT2D eigenvalue weighted by Crippen LogP contribution is -2.23. The standard InChI is InChI=1S/C21H17N3O2/c1-2-22-20(25)16-13-17(14-9-5-3-6-10-14)23-21-18(16)19(24-26-21)15-11-7-4-8-12-15/h3-13H,2H2,1H3,(H,22,25). The Balaban J connectivity index is 1.97. The van der Waals surface area contributed by atoms with E-state index in [9.17, 15) is 4.79 Å². The summed E-state index contributed by atoms with van der Waals surface area (Å²) >= 11 is 0. The summed E-state index contributed by atoms with van der Waals surface area (Å²) in [6, 6.07) is 21.2. The molecule has 0 aliphatic rings. The molecule has 2 heterocycles. The molecule has 0 saturated carbocycles. The summed E-state index contributed by atoms with van der Waals surface area (Å²) in [4.78, 5) is 17.3. The van der Waals surface area contributed by atoms with Crippen LogP contribution in [0.5, 0.6) is 0 Å². The van der Waals surface area contributed by atoms with E-state index in [-0.39, 0.29) is 5.91 Å². The highest BCUT2D eigenvalue weighted by molar-refractivity contribution is 6.10. The lowest BCUT2D eigenvalue weighted by molar-refractivity contribution is 0.0957. The summed E-state index contributed by atoms with van der Waals surface area (Å²) in [5, 5.41) is 7.68. The van der Waals surface area contributed by atoms with Crippen LogP contribution >= 0.6 is 0 Å². The molecule has 0 aliphatic heterocycles. The number of nitrogens with one attached hydrogen (secondary N) is 1. The maximum Gasteiger partial charge on any atom is 0.259 e. The molecule has 0 aliphatic carbocycles. The fourth-order valence-electron chi connectivity index (χ4n) is 2.94. The largest absolute Gasteiger partial charge is 0.352 e. The monoisotopic (exact) mass is 343 g/mol. The van der Waals surface area contributed by atoms with Crippen LogP contribution in [0.1, 0.15) is 17.3 Å². The molecule has 26 heavy (non-hydrogen) atoms. The highest BCUT2D eigenvalue weighted by atomic mass is 16.5. The van der Waals surface area contributed by atoms with Gasteiger partial charge in [0.1, 0.15) is 5.69 Å². The van der Waals surface area contributed by atoms with E-state index in [0.717, 1.165) is 11.1 Å². The number of nitrogens with zero attached hydrogens (tertiary/aromatic N) is 2. The van der Waals surface area contributed by atoms with Crippen molar-refractivity contribution in [1.82, 2.24) is 15.5 Å². The average Bonchev–Trinajstić information content (AvgIpc) is 3.13. The van der Waals surface area contributed by atoms with E-state index in [4.69, 9.17) is 4.52 Å². The molecule has 1 N–H and O–H groups in total. The Morgan fingerprint density at radius 3 is 2.31 bits per heavy atom. The van der Waals surface area contributed by atoms with Crippen LogP contribution in [0.3, 0.4) is 0 Å². The molecule has 0 saturated heterocycles. The van der Waals surface area contributed by atoms with Gasteiger partial charge in [-0.3, -0.25) is 4.79 Å². The third-order valence-electron chi connectivity index (χ3n) is 4.15. The molecule has 0 radical (unpaired) electrons. The molecule has 0 unspecified atom stereocenters. The summed E-state index contributed by atoms with van der Waals surface area (Å²) in [7, 11) is 0. The molecule has 2 aromatic heterocycles. The Morgan fingerprint density at radius 1 is 1.00 bits per heavy atom. The highest BCUT2D eigenvalue weighted by Gasteiger charge is 2.21. The molecule has 0 bridgehead atoms. The van der Waals surface area contributed by atoms with Crippen LogP contribution in [0, 0.1) is 0 Å². The minimum absolute atomic E-state index is 0.169. The Morgan fingerprint density at radius 2 is 1.65 bits per heavy atom. The predicted molar refractivity (Wildman–Crippen MR) is 101 cm³/mol. The zero-order valence-electron chi connectivity index (χ0n) is 14.3. The molecule has 0 spiro atoms. The first-order chi connectivity index (χ1) is 12.8. The van der Waals surface area contributed by atoms with E-state index in [1.165, 1.54) is 0 Å². The van der Waals surface area contributed by atoms with Gasteiger partial charge in [0.2, 0.25) is 0 Å². The fraction of sp³-hybridized carbons (Fsp3) is 0.0952. The Labute approximate surface area is 150 Å². The molecule has 0 fully saturated rings. The van der Waals surface area contributed by atoms with Crippen molar-refractivity contribution in [2.45, 2.75) is 6.92 Å². The summed E-state index contributed by atoms with van der Waals surface area (Å²) in [6.45, 7) is 2.43. The molecule has 0 atom stereocenters. The van der Waals surface area contributed by atoms with Crippen LogP contribution in [-0.4, -0.2) is 22.6 Å². The number of fused-ring (bicyclic) bond motifs is 1. The number of benzene rings is 2. The van der Waals surface area contributed by atoms with Gasteiger partial charge in [-0.25, -0.2) is 4.98 Å². The second-order valence-corrected chi connectivity index (χ2v) is 5.86. The van der Waals surface area contributed by atoms with Crippen molar-refractivity contribution in [3.63, 3.8) is 0 Å². The van der Waals surface area contributed by atoms with Crippen molar-refractivity contribution in [3.8, 4) is 22.5 Å². The second kappa shape index (κ2) is 6.80. The van der Waals surface area contributed by atoms with Crippen LogP contribution in [0.15, 0.2) is 71.3 Å². The van der Waals surface area contributed by atoms with Gasteiger partial charge >= 0.3 is 0 Å². The normalized spacial score (nSPS) is 10.8. The van der Waals surface area contributed by atoms with E-state index in [0.29, 0.717) is 34.6 Å². The van der Waals surface area contributed by atoms with Crippen molar-refractivity contribution < 1.29 is 9.32 Å². The van der Waals surface area contributed by atoms with Crippen molar-refractivity contribution in [1.29, 1.82) is 0 Å². The molecule has 1 amide bonds. The Bertz CT molecular complexity index is 1060. The van der Waals surface area contributed by atoms with Gasteiger partial charge in [0.05, 0.1) is 16.6 Å². The molecule has 5 heteroatoms. The summed E-state index contributed by atoms with van der Waals surface area (Å²) in [5.74, 6) is -0.169. The van der Waals surface area contributed by atoms with E-state index in [2.05, 4.69) is 15.5 Å². The molecule has 2 aromatic carbocycles. The van der Waals surface area contributed by atoms with Crippen LogP contribution in [-0.2, 0) is 0 Å². The van der Waals surface area contributed by atoms with Crippen molar-refractivity contribution in [2.24, 2.45) is 0 Å². The fourth-order valence-corrected chi connectivity index (χ4v) is 2.94. The topological polar surface area (TPSA) is 68.0 Å². The van der Waals surface area contributed by atoms with E-state index in [1.54, 1.807) is 6.07 Å². The lowest BCUT2D eigenvalue weighted by atomic mass is 10.0. The maximum atomic E-state index is 12.7. The van der Waals surface area contributed by atoms with Crippen molar-refractivity contribution in [3.05, 3.63) is 72.3 Å². The minimum Gasteiger partial charge on any atom is -0.352 e. The number of hydrogen-bond acceptors (Lipinski definition) is 4. The number of hydrogen-bond donors (Lipinski definition) is 1.